The maximum absolute atomic E-state index is 5.86. The van der Waals surface area contributed by atoms with Crippen molar-refractivity contribution >= 4 is 33.0 Å². The third-order valence-electron chi connectivity index (χ3n) is 2.44. The second-order valence-electron chi connectivity index (χ2n) is 3.73. The van der Waals surface area contributed by atoms with E-state index in [1.165, 1.54) is 4.88 Å². The molecule has 1 heterocycles. The zero-order valence-electron chi connectivity index (χ0n) is 9.36. The molecule has 1 aromatic heterocycles. The van der Waals surface area contributed by atoms with Crippen molar-refractivity contribution in [2.24, 2.45) is 0 Å². The van der Waals surface area contributed by atoms with E-state index in [4.69, 9.17) is 10.5 Å². The number of benzene rings is 1. The average molecular weight is 312 g/mol. The zero-order chi connectivity index (χ0) is 12.1. The first-order valence-electron chi connectivity index (χ1n) is 5.40. The highest BCUT2D eigenvalue weighted by atomic mass is 79.9. The van der Waals surface area contributed by atoms with E-state index in [1.54, 1.807) is 11.3 Å². The van der Waals surface area contributed by atoms with Gasteiger partial charge in [0.1, 0.15) is 0 Å². The van der Waals surface area contributed by atoms with Crippen LogP contribution < -0.4 is 5.73 Å². The predicted octanol–water partition coefficient (Wildman–Crippen LogP) is 3.85. The van der Waals surface area contributed by atoms with Gasteiger partial charge in [-0.05, 0) is 40.0 Å². The second kappa shape index (κ2) is 6.19. The van der Waals surface area contributed by atoms with Crippen LogP contribution in [-0.2, 0) is 17.8 Å². The molecule has 0 bridgehead atoms. The molecule has 2 aromatic rings. The van der Waals surface area contributed by atoms with Crippen LogP contribution in [0, 0.1) is 0 Å². The lowest BCUT2D eigenvalue weighted by molar-refractivity contribution is 0.126. The molecular weight excluding hydrogens is 298 g/mol. The SMILES string of the molecule is Nc1ccccc1CCOCc1cc(Br)cs1. The molecule has 4 heteroatoms. The normalized spacial score (nSPS) is 10.6. The van der Waals surface area contributed by atoms with Crippen LogP contribution in [0.3, 0.4) is 0 Å². The molecule has 0 fully saturated rings. The first-order chi connectivity index (χ1) is 8.25. The van der Waals surface area contributed by atoms with E-state index in [9.17, 15) is 0 Å². The summed E-state index contributed by atoms with van der Waals surface area (Å²) in [7, 11) is 0. The highest BCUT2D eigenvalue weighted by Crippen LogP contribution is 2.20. The zero-order valence-corrected chi connectivity index (χ0v) is 11.8. The van der Waals surface area contributed by atoms with E-state index in [1.807, 2.05) is 24.3 Å². The fourth-order valence-corrected chi connectivity index (χ4v) is 2.93. The number of thiophene rings is 1. The molecule has 0 spiro atoms. The molecule has 0 aliphatic heterocycles. The summed E-state index contributed by atoms with van der Waals surface area (Å²) in [5.74, 6) is 0. The van der Waals surface area contributed by atoms with Gasteiger partial charge in [0.2, 0.25) is 0 Å². The maximum Gasteiger partial charge on any atom is 0.0809 e. The van der Waals surface area contributed by atoms with Crippen molar-refractivity contribution in [1.29, 1.82) is 0 Å². The number of rotatable bonds is 5. The Morgan fingerprint density at radius 2 is 2.12 bits per heavy atom. The minimum Gasteiger partial charge on any atom is -0.399 e. The van der Waals surface area contributed by atoms with Crippen LogP contribution >= 0.6 is 27.3 Å². The summed E-state index contributed by atoms with van der Waals surface area (Å²) >= 11 is 5.13. The monoisotopic (exact) mass is 311 g/mol. The Morgan fingerprint density at radius 3 is 2.82 bits per heavy atom. The third kappa shape index (κ3) is 3.84. The summed E-state index contributed by atoms with van der Waals surface area (Å²) in [5, 5.41) is 2.06. The van der Waals surface area contributed by atoms with E-state index in [-0.39, 0.29) is 0 Å². The first-order valence-corrected chi connectivity index (χ1v) is 7.07. The lowest BCUT2D eigenvalue weighted by atomic mass is 10.1. The van der Waals surface area contributed by atoms with Gasteiger partial charge in [0, 0.05) is 20.4 Å². The van der Waals surface area contributed by atoms with E-state index in [2.05, 4.69) is 27.4 Å². The van der Waals surface area contributed by atoms with Crippen LogP contribution in [0.15, 0.2) is 40.2 Å². The molecular formula is C13H14BrNOS. The Morgan fingerprint density at radius 1 is 1.29 bits per heavy atom. The van der Waals surface area contributed by atoms with Crippen molar-refractivity contribution < 1.29 is 4.74 Å². The van der Waals surface area contributed by atoms with Gasteiger partial charge in [-0.1, -0.05) is 18.2 Å². The molecule has 17 heavy (non-hydrogen) atoms. The summed E-state index contributed by atoms with van der Waals surface area (Å²) in [6.07, 6.45) is 0.860. The lowest BCUT2D eigenvalue weighted by Gasteiger charge is -2.05. The Balaban J connectivity index is 1.75. The number of anilines is 1. The van der Waals surface area contributed by atoms with Crippen molar-refractivity contribution in [3.63, 3.8) is 0 Å². The van der Waals surface area contributed by atoms with Gasteiger partial charge in [0.25, 0.3) is 0 Å². The molecule has 0 saturated heterocycles. The van der Waals surface area contributed by atoms with Crippen molar-refractivity contribution in [3.05, 3.63) is 50.6 Å². The highest BCUT2D eigenvalue weighted by molar-refractivity contribution is 9.10. The van der Waals surface area contributed by atoms with E-state index in [0.29, 0.717) is 13.2 Å². The molecule has 0 radical (unpaired) electrons. The Hall–Kier alpha value is -0.840. The standard InChI is InChI=1S/C13H14BrNOS/c14-11-7-12(17-9-11)8-16-6-5-10-3-1-2-4-13(10)15/h1-4,7,9H,5-6,8,15H2. The molecule has 1 aromatic carbocycles. The summed E-state index contributed by atoms with van der Waals surface area (Å²) < 4.78 is 6.74. The van der Waals surface area contributed by atoms with Crippen molar-refractivity contribution in [2.45, 2.75) is 13.0 Å². The Labute approximate surface area is 114 Å². The van der Waals surface area contributed by atoms with Gasteiger partial charge in [0.15, 0.2) is 0 Å². The quantitative estimate of drug-likeness (QED) is 0.672. The molecule has 0 atom stereocenters. The van der Waals surface area contributed by atoms with Crippen LogP contribution in [-0.4, -0.2) is 6.61 Å². The van der Waals surface area contributed by atoms with Crippen LogP contribution in [0.2, 0.25) is 0 Å². The number of hydrogen-bond donors (Lipinski definition) is 1. The molecule has 0 aliphatic rings. The van der Waals surface area contributed by atoms with Gasteiger partial charge in [-0.15, -0.1) is 11.3 Å². The van der Waals surface area contributed by atoms with Gasteiger partial charge >= 0.3 is 0 Å². The second-order valence-corrected chi connectivity index (χ2v) is 5.64. The number of para-hydroxylation sites is 1. The Bertz CT molecular complexity index is 484. The molecule has 0 aliphatic carbocycles. The van der Waals surface area contributed by atoms with Gasteiger partial charge < -0.3 is 10.5 Å². The Kier molecular flexibility index (Phi) is 4.59. The minimum atomic E-state index is 0.670. The largest absolute Gasteiger partial charge is 0.399 e. The molecule has 2 rings (SSSR count). The summed E-state index contributed by atoms with van der Waals surface area (Å²) in [6.45, 7) is 1.37. The van der Waals surface area contributed by atoms with E-state index < -0.39 is 0 Å². The molecule has 90 valence electrons. The summed E-state index contributed by atoms with van der Waals surface area (Å²) in [6, 6.07) is 10.00. The van der Waals surface area contributed by atoms with Gasteiger partial charge in [-0.25, -0.2) is 0 Å². The maximum atomic E-state index is 5.86. The van der Waals surface area contributed by atoms with E-state index >= 15 is 0 Å². The minimum absolute atomic E-state index is 0.670. The number of nitrogen functional groups attached to an aromatic ring is 1. The average Bonchev–Trinajstić information content (AvgIpc) is 2.73. The molecule has 0 saturated carbocycles. The lowest BCUT2D eigenvalue weighted by Crippen LogP contribution is -2.01. The van der Waals surface area contributed by atoms with Crippen molar-refractivity contribution in [3.8, 4) is 0 Å². The van der Waals surface area contributed by atoms with Crippen LogP contribution in [0.1, 0.15) is 10.4 Å². The fraction of sp³-hybridized carbons (Fsp3) is 0.231. The fourth-order valence-electron chi connectivity index (χ4n) is 1.55. The number of halogens is 1. The third-order valence-corrected chi connectivity index (χ3v) is 4.11. The topological polar surface area (TPSA) is 35.2 Å². The first kappa shape index (κ1) is 12.6. The van der Waals surface area contributed by atoms with Crippen LogP contribution in [0.4, 0.5) is 5.69 Å². The van der Waals surface area contributed by atoms with E-state index in [0.717, 1.165) is 22.1 Å². The molecule has 0 unspecified atom stereocenters. The number of nitrogens with two attached hydrogens (primary N) is 1. The molecule has 2 nitrogen and oxygen atoms in total. The van der Waals surface area contributed by atoms with Crippen molar-refractivity contribution in [1.82, 2.24) is 0 Å². The predicted molar refractivity (Wildman–Crippen MR) is 76.2 cm³/mol. The molecule has 0 amide bonds. The van der Waals surface area contributed by atoms with Gasteiger partial charge in [-0.3, -0.25) is 0 Å². The van der Waals surface area contributed by atoms with Gasteiger partial charge in [-0.2, -0.15) is 0 Å². The van der Waals surface area contributed by atoms with Gasteiger partial charge in [0.05, 0.1) is 13.2 Å². The summed E-state index contributed by atoms with van der Waals surface area (Å²) in [4.78, 5) is 1.23. The number of hydrogen-bond acceptors (Lipinski definition) is 3. The highest BCUT2D eigenvalue weighted by Gasteiger charge is 2.00. The smallest absolute Gasteiger partial charge is 0.0809 e. The van der Waals surface area contributed by atoms with Crippen LogP contribution in [0.25, 0.3) is 0 Å². The molecule has 2 N–H and O–H groups in total. The van der Waals surface area contributed by atoms with Crippen molar-refractivity contribution in [2.75, 3.05) is 12.3 Å². The van der Waals surface area contributed by atoms with Crippen LogP contribution in [0.5, 0.6) is 0 Å². The summed E-state index contributed by atoms with van der Waals surface area (Å²) in [5.41, 5.74) is 7.85. The number of ether oxygens (including phenoxy) is 1.